The van der Waals surface area contributed by atoms with Crippen molar-refractivity contribution in [2.75, 3.05) is 5.75 Å². The Morgan fingerprint density at radius 2 is 2.14 bits per heavy atom. The van der Waals surface area contributed by atoms with Gasteiger partial charge in [0, 0.05) is 10.6 Å². The van der Waals surface area contributed by atoms with Gasteiger partial charge in [0.1, 0.15) is 0 Å². The van der Waals surface area contributed by atoms with Gasteiger partial charge < -0.3 is 5.11 Å². The predicted octanol–water partition coefficient (Wildman–Crippen LogP) is 1.55. The number of benzene rings is 1. The van der Waals surface area contributed by atoms with Gasteiger partial charge in [-0.3, -0.25) is 0 Å². The van der Waals surface area contributed by atoms with Crippen molar-refractivity contribution >= 4 is 21.4 Å². The Labute approximate surface area is 87.2 Å². The van der Waals surface area contributed by atoms with Crippen LogP contribution in [0.3, 0.4) is 0 Å². The lowest BCUT2D eigenvalue weighted by atomic mass is 10.1. The summed E-state index contributed by atoms with van der Waals surface area (Å²) in [7, 11) is -3.21. The number of fused-ring (bicyclic) bond motifs is 1. The van der Waals surface area contributed by atoms with Crippen molar-refractivity contribution in [3.8, 4) is 0 Å². The fourth-order valence-corrected chi connectivity index (χ4v) is 3.36. The lowest BCUT2D eigenvalue weighted by molar-refractivity contribution is 0.168. The zero-order chi connectivity index (χ0) is 10.3. The molecule has 1 heterocycles. The van der Waals surface area contributed by atoms with Crippen LogP contribution in [0.2, 0.25) is 5.02 Å². The topological polar surface area (TPSA) is 54.4 Å². The van der Waals surface area contributed by atoms with E-state index in [0.29, 0.717) is 10.6 Å². The highest BCUT2D eigenvalue weighted by atomic mass is 35.5. The van der Waals surface area contributed by atoms with Crippen molar-refractivity contribution in [2.24, 2.45) is 0 Å². The molecule has 76 valence electrons. The van der Waals surface area contributed by atoms with Crippen LogP contribution in [-0.4, -0.2) is 19.3 Å². The number of aliphatic hydroxyl groups excluding tert-OH is 1. The Hall–Kier alpha value is -0.580. The molecule has 0 amide bonds. The van der Waals surface area contributed by atoms with E-state index in [4.69, 9.17) is 11.6 Å². The highest BCUT2D eigenvalue weighted by molar-refractivity contribution is 7.91. The molecule has 0 unspecified atom stereocenters. The van der Waals surface area contributed by atoms with Gasteiger partial charge in [-0.15, -0.1) is 0 Å². The maximum absolute atomic E-state index is 11.6. The highest BCUT2D eigenvalue weighted by Gasteiger charge is 2.28. The summed E-state index contributed by atoms with van der Waals surface area (Å²) in [4.78, 5) is 0.209. The minimum atomic E-state index is -3.21. The monoisotopic (exact) mass is 232 g/mol. The smallest absolute Gasteiger partial charge is 0.178 e. The Bertz CT molecular complexity index is 467. The van der Waals surface area contributed by atoms with E-state index in [0.717, 1.165) is 0 Å². The standard InChI is InChI=1S/C9H9ClO3S/c10-6-1-2-9-7(5-6)8(11)3-4-14(9,12)13/h1-2,5,8,11H,3-4H2/t8-/m0/s1. The first-order valence-corrected chi connectivity index (χ1v) is 6.24. The van der Waals surface area contributed by atoms with E-state index in [9.17, 15) is 13.5 Å². The summed E-state index contributed by atoms with van der Waals surface area (Å²) in [5.41, 5.74) is 0.420. The molecule has 14 heavy (non-hydrogen) atoms. The number of hydrogen-bond donors (Lipinski definition) is 1. The maximum Gasteiger partial charge on any atom is 0.178 e. The van der Waals surface area contributed by atoms with Crippen LogP contribution in [0.15, 0.2) is 23.1 Å². The third-order valence-corrected chi connectivity index (χ3v) is 4.38. The Morgan fingerprint density at radius 1 is 1.43 bits per heavy atom. The first-order chi connectivity index (χ1) is 6.50. The van der Waals surface area contributed by atoms with Gasteiger partial charge in [-0.1, -0.05) is 11.6 Å². The van der Waals surface area contributed by atoms with E-state index in [1.54, 1.807) is 0 Å². The van der Waals surface area contributed by atoms with Crippen LogP contribution in [0.1, 0.15) is 18.1 Å². The molecule has 0 saturated heterocycles. The van der Waals surface area contributed by atoms with Gasteiger partial charge in [0.15, 0.2) is 9.84 Å². The molecule has 0 saturated carbocycles. The molecule has 1 aromatic rings. The van der Waals surface area contributed by atoms with Crippen molar-refractivity contribution < 1.29 is 13.5 Å². The van der Waals surface area contributed by atoms with Crippen LogP contribution in [0, 0.1) is 0 Å². The molecule has 0 aliphatic carbocycles. The molecule has 1 aromatic carbocycles. The first kappa shape index (κ1) is 9.96. The summed E-state index contributed by atoms with van der Waals surface area (Å²) in [5.74, 6) is 0.00278. The van der Waals surface area contributed by atoms with Gasteiger partial charge in [0.25, 0.3) is 0 Å². The normalized spacial score (nSPS) is 24.3. The Balaban J connectivity index is 2.69. The van der Waals surface area contributed by atoms with E-state index >= 15 is 0 Å². The van der Waals surface area contributed by atoms with E-state index < -0.39 is 15.9 Å². The minimum absolute atomic E-state index is 0.00278. The number of sulfone groups is 1. The van der Waals surface area contributed by atoms with Crippen LogP contribution in [0.5, 0.6) is 0 Å². The van der Waals surface area contributed by atoms with Crippen molar-refractivity contribution in [3.05, 3.63) is 28.8 Å². The fourth-order valence-electron chi connectivity index (χ4n) is 1.60. The first-order valence-electron chi connectivity index (χ1n) is 4.21. The average molecular weight is 233 g/mol. The molecule has 0 bridgehead atoms. The van der Waals surface area contributed by atoms with Gasteiger partial charge in [-0.2, -0.15) is 0 Å². The second kappa shape index (κ2) is 3.22. The molecule has 0 fully saturated rings. The largest absolute Gasteiger partial charge is 0.388 e. The zero-order valence-electron chi connectivity index (χ0n) is 7.27. The van der Waals surface area contributed by atoms with Crippen LogP contribution in [0.25, 0.3) is 0 Å². The van der Waals surface area contributed by atoms with Gasteiger partial charge in [-0.25, -0.2) is 8.42 Å². The van der Waals surface area contributed by atoms with Crippen molar-refractivity contribution in [3.63, 3.8) is 0 Å². The SMILES string of the molecule is O=S1(=O)CC[C@H](O)c2cc(Cl)ccc21. The Kier molecular flexibility index (Phi) is 2.29. The van der Waals surface area contributed by atoms with Gasteiger partial charge in [0.05, 0.1) is 16.8 Å². The predicted molar refractivity (Wildman–Crippen MR) is 53.1 cm³/mol. The van der Waals surface area contributed by atoms with Crippen molar-refractivity contribution in [1.82, 2.24) is 0 Å². The fraction of sp³-hybridized carbons (Fsp3) is 0.333. The number of rotatable bonds is 0. The van der Waals surface area contributed by atoms with Crippen LogP contribution in [0.4, 0.5) is 0 Å². The summed E-state index contributed by atoms with van der Waals surface area (Å²) >= 11 is 5.73. The van der Waals surface area contributed by atoms with Crippen molar-refractivity contribution in [1.29, 1.82) is 0 Å². The third kappa shape index (κ3) is 1.54. The van der Waals surface area contributed by atoms with Crippen LogP contribution >= 0.6 is 11.6 Å². The average Bonchev–Trinajstić information content (AvgIpc) is 2.12. The summed E-state index contributed by atoms with van der Waals surface area (Å²) < 4.78 is 23.2. The Morgan fingerprint density at radius 3 is 2.86 bits per heavy atom. The minimum Gasteiger partial charge on any atom is -0.388 e. The van der Waals surface area contributed by atoms with Crippen LogP contribution < -0.4 is 0 Å². The molecule has 1 atom stereocenters. The van der Waals surface area contributed by atoms with E-state index in [1.807, 2.05) is 0 Å². The lowest BCUT2D eigenvalue weighted by Gasteiger charge is -2.21. The molecule has 0 radical (unpaired) electrons. The summed E-state index contributed by atoms with van der Waals surface area (Å²) in [5, 5.41) is 10.0. The maximum atomic E-state index is 11.6. The molecule has 1 aliphatic rings. The van der Waals surface area contributed by atoms with Gasteiger partial charge in [-0.05, 0) is 24.6 Å². The highest BCUT2D eigenvalue weighted by Crippen LogP contribution is 2.33. The van der Waals surface area contributed by atoms with Crippen LogP contribution in [-0.2, 0) is 9.84 Å². The molecule has 1 N–H and O–H groups in total. The molecule has 3 nitrogen and oxygen atoms in total. The van der Waals surface area contributed by atoms with E-state index in [-0.39, 0.29) is 17.1 Å². The second-order valence-electron chi connectivity index (χ2n) is 3.31. The van der Waals surface area contributed by atoms with Gasteiger partial charge >= 0.3 is 0 Å². The second-order valence-corrected chi connectivity index (χ2v) is 5.82. The quantitative estimate of drug-likeness (QED) is 0.739. The van der Waals surface area contributed by atoms with Gasteiger partial charge in [0.2, 0.25) is 0 Å². The summed E-state index contributed by atoms with van der Waals surface area (Å²) in [6.07, 6.45) is -0.470. The number of aliphatic hydroxyl groups is 1. The van der Waals surface area contributed by atoms with Crippen molar-refractivity contribution in [2.45, 2.75) is 17.4 Å². The molecular formula is C9H9ClO3S. The summed E-state index contributed by atoms with van der Waals surface area (Å²) in [6, 6.07) is 4.49. The third-order valence-electron chi connectivity index (χ3n) is 2.33. The molecule has 5 heteroatoms. The summed E-state index contributed by atoms with van der Waals surface area (Å²) in [6.45, 7) is 0. The molecule has 2 rings (SSSR count). The molecule has 0 aromatic heterocycles. The molecule has 1 aliphatic heterocycles. The zero-order valence-corrected chi connectivity index (χ0v) is 8.85. The van der Waals surface area contributed by atoms with E-state index in [2.05, 4.69) is 0 Å². The van der Waals surface area contributed by atoms with E-state index in [1.165, 1.54) is 18.2 Å². The lowest BCUT2D eigenvalue weighted by Crippen LogP contribution is -2.19. The number of halogens is 1. The number of hydrogen-bond acceptors (Lipinski definition) is 3. The molecule has 0 spiro atoms. The molecular weight excluding hydrogens is 224 g/mol.